The molecule has 1 amide bonds. The Morgan fingerprint density at radius 2 is 1.93 bits per heavy atom. The van der Waals surface area contributed by atoms with E-state index in [2.05, 4.69) is 5.32 Å². The number of benzene rings is 2. The fourth-order valence-corrected chi connectivity index (χ4v) is 3.09. The number of esters is 1. The van der Waals surface area contributed by atoms with Crippen molar-refractivity contribution in [1.82, 2.24) is 0 Å². The summed E-state index contributed by atoms with van der Waals surface area (Å²) in [5.74, 6) is -2.19. The van der Waals surface area contributed by atoms with Crippen LogP contribution < -0.4 is 10.1 Å². The van der Waals surface area contributed by atoms with Crippen LogP contribution >= 0.6 is 23.4 Å². The Balaban J connectivity index is 1.70. The number of ether oxygens (including phenoxy) is 2. The lowest BCUT2D eigenvalue weighted by atomic mass is 10.3. The highest BCUT2D eigenvalue weighted by atomic mass is 35.5. The Hall–Kier alpha value is -2.32. The predicted octanol–water partition coefficient (Wildman–Crippen LogP) is 4.29. The smallest absolute Gasteiger partial charge is 0.307 e. The zero-order chi connectivity index (χ0) is 19.8. The topological polar surface area (TPSA) is 64.6 Å². The number of hydrogen-bond acceptors (Lipinski definition) is 5. The van der Waals surface area contributed by atoms with E-state index < -0.39 is 30.1 Å². The maximum absolute atomic E-state index is 13.1. The van der Waals surface area contributed by atoms with Gasteiger partial charge in [0.2, 0.25) is 0 Å². The molecule has 0 saturated heterocycles. The molecule has 0 unspecified atom stereocenters. The quantitative estimate of drug-likeness (QED) is 0.514. The van der Waals surface area contributed by atoms with E-state index in [1.807, 2.05) is 0 Å². The lowest BCUT2D eigenvalue weighted by molar-refractivity contribution is -0.146. The van der Waals surface area contributed by atoms with Gasteiger partial charge in [0.25, 0.3) is 5.91 Å². The molecule has 0 aromatic heterocycles. The first-order valence-corrected chi connectivity index (χ1v) is 9.12. The third kappa shape index (κ3) is 6.73. The van der Waals surface area contributed by atoms with Crippen LogP contribution in [0.15, 0.2) is 41.3 Å². The number of hydrogen-bond donors (Lipinski definition) is 1. The second-order valence-corrected chi connectivity index (χ2v) is 6.81. The average molecular weight is 416 g/mol. The summed E-state index contributed by atoms with van der Waals surface area (Å²) in [5, 5.41) is 2.88. The van der Waals surface area contributed by atoms with Crippen LogP contribution in [0.2, 0.25) is 5.02 Å². The van der Waals surface area contributed by atoms with Gasteiger partial charge >= 0.3 is 5.97 Å². The van der Waals surface area contributed by atoms with Gasteiger partial charge in [0.15, 0.2) is 18.2 Å². The zero-order valence-electron chi connectivity index (χ0n) is 14.3. The zero-order valence-corrected chi connectivity index (χ0v) is 15.8. The number of methoxy groups -OCH3 is 1. The highest BCUT2D eigenvalue weighted by Gasteiger charge is 2.10. The standard InChI is InChI=1S/C18H16ClF2NO4S/c1-25-16-5-2-11(8-13(16)19)22-17(23)10-26-18(24)6-7-27-12-3-4-14(20)15(21)9-12/h2-5,8-9H,6-7,10H2,1H3,(H,22,23). The molecule has 144 valence electrons. The largest absolute Gasteiger partial charge is 0.495 e. The van der Waals surface area contributed by atoms with Gasteiger partial charge in [-0.15, -0.1) is 11.8 Å². The Morgan fingerprint density at radius 3 is 2.59 bits per heavy atom. The van der Waals surface area contributed by atoms with E-state index in [4.69, 9.17) is 21.1 Å². The van der Waals surface area contributed by atoms with Crippen LogP contribution in [-0.2, 0) is 14.3 Å². The Morgan fingerprint density at radius 1 is 1.15 bits per heavy atom. The van der Waals surface area contributed by atoms with Crippen molar-refractivity contribution in [2.24, 2.45) is 0 Å². The molecule has 0 saturated carbocycles. The fraction of sp³-hybridized carbons (Fsp3) is 0.222. The van der Waals surface area contributed by atoms with Gasteiger partial charge < -0.3 is 14.8 Å². The molecule has 0 fully saturated rings. The van der Waals surface area contributed by atoms with E-state index in [1.54, 1.807) is 12.1 Å². The third-order valence-electron chi connectivity index (χ3n) is 3.27. The molecular formula is C18H16ClF2NO4S. The van der Waals surface area contributed by atoms with E-state index in [1.165, 1.54) is 31.0 Å². The molecule has 0 bridgehead atoms. The summed E-state index contributed by atoms with van der Waals surface area (Å²) in [6.07, 6.45) is 0.0192. The molecule has 2 rings (SSSR count). The summed E-state index contributed by atoms with van der Waals surface area (Å²) in [5.41, 5.74) is 0.441. The Labute approximate surface area is 164 Å². The van der Waals surface area contributed by atoms with Crippen molar-refractivity contribution in [3.05, 3.63) is 53.1 Å². The first-order chi connectivity index (χ1) is 12.9. The molecule has 0 aliphatic rings. The molecule has 9 heteroatoms. The van der Waals surface area contributed by atoms with Gasteiger partial charge in [-0.25, -0.2) is 8.78 Å². The normalized spacial score (nSPS) is 10.4. The molecule has 0 heterocycles. The van der Waals surface area contributed by atoms with Gasteiger partial charge in [0, 0.05) is 16.3 Å². The van der Waals surface area contributed by atoms with Crippen molar-refractivity contribution in [2.75, 3.05) is 24.8 Å². The molecule has 0 atom stereocenters. The maximum atomic E-state index is 13.1. The van der Waals surface area contributed by atoms with Gasteiger partial charge in [-0.2, -0.15) is 0 Å². The number of carbonyl (C=O) groups excluding carboxylic acids is 2. The Kier molecular flexibility index (Phi) is 7.87. The molecule has 0 aliphatic carbocycles. The molecule has 0 aliphatic heterocycles. The molecule has 1 N–H and O–H groups in total. The molecule has 0 radical (unpaired) electrons. The van der Waals surface area contributed by atoms with Crippen molar-refractivity contribution in [1.29, 1.82) is 0 Å². The Bertz CT molecular complexity index is 835. The monoisotopic (exact) mass is 415 g/mol. The van der Waals surface area contributed by atoms with Gasteiger partial charge in [0.1, 0.15) is 5.75 Å². The highest BCUT2D eigenvalue weighted by molar-refractivity contribution is 7.99. The van der Waals surface area contributed by atoms with Crippen molar-refractivity contribution >= 4 is 40.9 Å². The van der Waals surface area contributed by atoms with Crippen LogP contribution in [0, 0.1) is 11.6 Å². The molecule has 27 heavy (non-hydrogen) atoms. The van der Waals surface area contributed by atoms with E-state index in [-0.39, 0.29) is 6.42 Å². The first kappa shape index (κ1) is 21.0. The number of thioether (sulfide) groups is 1. The summed E-state index contributed by atoms with van der Waals surface area (Å²) in [6, 6.07) is 8.20. The minimum Gasteiger partial charge on any atom is -0.495 e. The highest BCUT2D eigenvalue weighted by Crippen LogP contribution is 2.27. The fourth-order valence-electron chi connectivity index (χ4n) is 1.98. The molecule has 0 spiro atoms. The van der Waals surface area contributed by atoms with Crippen LogP contribution in [0.1, 0.15) is 6.42 Å². The number of halogens is 3. The summed E-state index contributed by atoms with van der Waals surface area (Å²) in [6.45, 7) is -0.446. The number of amides is 1. The number of nitrogens with one attached hydrogen (secondary N) is 1. The molecule has 2 aromatic carbocycles. The number of anilines is 1. The van der Waals surface area contributed by atoms with Crippen molar-refractivity contribution in [3.63, 3.8) is 0 Å². The lowest BCUT2D eigenvalue weighted by Gasteiger charge is -2.08. The van der Waals surface area contributed by atoms with Gasteiger partial charge in [0.05, 0.1) is 18.6 Å². The van der Waals surface area contributed by atoms with E-state index in [0.717, 1.165) is 12.1 Å². The minimum atomic E-state index is -0.946. The SMILES string of the molecule is COc1ccc(NC(=O)COC(=O)CCSc2ccc(F)c(F)c2)cc1Cl. The second kappa shape index (κ2) is 10.1. The van der Waals surface area contributed by atoms with Crippen molar-refractivity contribution < 1.29 is 27.8 Å². The van der Waals surface area contributed by atoms with Crippen LogP contribution in [0.5, 0.6) is 5.75 Å². The molecule has 5 nitrogen and oxygen atoms in total. The lowest BCUT2D eigenvalue weighted by Crippen LogP contribution is -2.21. The van der Waals surface area contributed by atoms with E-state index >= 15 is 0 Å². The van der Waals surface area contributed by atoms with Crippen molar-refractivity contribution in [3.8, 4) is 5.75 Å². The predicted molar refractivity (Wildman–Crippen MR) is 99.3 cm³/mol. The van der Waals surface area contributed by atoms with E-state index in [0.29, 0.717) is 27.1 Å². The number of rotatable bonds is 8. The summed E-state index contributed by atoms with van der Waals surface area (Å²) in [7, 11) is 1.48. The minimum absolute atomic E-state index is 0.0192. The van der Waals surface area contributed by atoms with Crippen LogP contribution in [0.3, 0.4) is 0 Å². The summed E-state index contributed by atoms with van der Waals surface area (Å²) in [4.78, 5) is 24.0. The van der Waals surface area contributed by atoms with Gasteiger partial charge in [-0.05, 0) is 36.4 Å². The third-order valence-corrected chi connectivity index (χ3v) is 4.56. The average Bonchev–Trinajstić information content (AvgIpc) is 2.63. The summed E-state index contributed by atoms with van der Waals surface area (Å²) >= 11 is 7.14. The van der Waals surface area contributed by atoms with Crippen LogP contribution in [-0.4, -0.2) is 31.3 Å². The van der Waals surface area contributed by atoms with Gasteiger partial charge in [-0.1, -0.05) is 11.6 Å². The molecule has 2 aromatic rings. The second-order valence-electron chi connectivity index (χ2n) is 5.23. The molecular weight excluding hydrogens is 400 g/mol. The number of carbonyl (C=O) groups is 2. The van der Waals surface area contributed by atoms with E-state index in [9.17, 15) is 18.4 Å². The van der Waals surface area contributed by atoms with Gasteiger partial charge in [-0.3, -0.25) is 9.59 Å². The summed E-state index contributed by atoms with van der Waals surface area (Å²) < 4.78 is 35.8. The first-order valence-electron chi connectivity index (χ1n) is 7.76. The van der Waals surface area contributed by atoms with Crippen LogP contribution in [0.4, 0.5) is 14.5 Å². The van der Waals surface area contributed by atoms with Crippen molar-refractivity contribution in [2.45, 2.75) is 11.3 Å². The maximum Gasteiger partial charge on any atom is 0.307 e. The van der Waals surface area contributed by atoms with Crippen LogP contribution in [0.25, 0.3) is 0 Å².